The van der Waals surface area contributed by atoms with Crippen LogP contribution in [0.25, 0.3) is 10.9 Å². The van der Waals surface area contributed by atoms with Crippen LogP contribution in [0.3, 0.4) is 0 Å². The number of aldehydes is 1. The van der Waals surface area contributed by atoms with Crippen LogP contribution in [0.5, 0.6) is 0 Å². The minimum Gasteiger partial charge on any atom is -0.341 e. The molecule has 0 bridgehead atoms. The Morgan fingerprint density at radius 2 is 2.00 bits per heavy atom. The highest BCUT2D eigenvalue weighted by Crippen LogP contribution is 2.12. The monoisotopic (exact) mass is 270 g/mol. The maximum absolute atomic E-state index is 12.1. The largest absolute Gasteiger partial charge is 0.341 e. The van der Waals surface area contributed by atoms with Crippen molar-refractivity contribution in [2.45, 2.75) is 26.3 Å². The molecule has 2 aromatic rings. The zero-order valence-electron chi connectivity index (χ0n) is 11.7. The van der Waals surface area contributed by atoms with Crippen LogP contribution in [0.1, 0.15) is 30.8 Å². The van der Waals surface area contributed by atoms with Crippen molar-refractivity contribution in [1.29, 1.82) is 0 Å². The first-order valence-corrected chi connectivity index (χ1v) is 6.72. The van der Waals surface area contributed by atoms with Crippen molar-refractivity contribution < 1.29 is 9.59 Å². The maximum atomic E-state index is 12.1. The number of carbonyl (C=O) groups is 2. The van der Waals surface area contributed by atoms with Gasteiger partial charge in [-0.1, -0.05) is 38.1 Å². The van der Waals surface area contributed by atoms with Crippen LogP contribution in [0.4, 0.5) is 0 Å². The predicted molar refractivity (Wildman–Crippen MR) is 78.5 cm³/mol. The van der Waals surface area contributed by atoms with Crippen LogP contribution < -0.4 is 5.32 Å². The highest BCUT2D eigenvalue weighted by molar-refractivity contribution is 5.96. The number of fused-ring (bicyclic) bond motifs is 1. The molecule has 4 nitrogen and oxygen atoms in total. The van der Waals surface area contributed by atoms with Gasteiger partial charge in [-0.05, 0) is 24.5 Å². The lowest BCUT2D eigenvalue weighted by Crippen LogP contribution is -2.37. The summed E-state index contributed by atoms with van der Waals surface area (Å²) in [5.74, 6) is 0.0311. The number of pyridine rings is 1. The smallest absolute Gasteiger partial charge is 0.270 e. The van der Waals surface area contributed by atoms with E-state index in [2.05, 4.69) is 10.3 Å². The third-order valence-corrected chi connectivity index (χ3v) is 3.04. The number of nitrogens with one attached hydrogen (secondary N) is 1. The third-order valence-electron chi connectivity index (χ3n) is 3.04. The average molecular weight is 270 g/mol. The highest BCUT2D eigenvalue weighted by atomic mass is 16.2. The van der Waals surface area contributed by atoms with Crippen molar-refractivity contribution in [3.05, 3.63) is 42.1 Å². The summed E-state index contributed by atoms with van der Waals surface area (Å²) in [6.07, 6.45) is 1.40. The van der Waals surface area contributed by atoms with Crippen LogP contribution >= 0.6 is 0 Å². The van der Waals surface area contributed by atoms with Crippen LogP contribution in [-0.4, -0.2) is 23.2 Å². The van der Waals surface area contributed by atoms with Gasteiger partial charge in [0.25, 0.3) is 5.91 Å². The molecule has 0 aliphatic carbocycles. The topological polar surface area (TPSA) is 59.1 Å². The van der Waals surface area contributed by atoms with Gasteiger partial charge in [-0.3, -0.25) is 4.79 Å². The van der Waals surface area contributed by atoms with E-state index >= 15 is 0 Å². The first-order valence-electron chi connectivity index (χ1n) is 6.72. The molecule has 1 aromatic carbocycles. The molecule has 0 aliphatic rings. The second-order valence-electron chi connectivity index (χ2n) is 5.23. The highest BCUT2D eigenvalue weighted by Gasteiger charge is 2.15. The quantitative estimate of drug-likeness (QED) is 0.849. The van der Waals surface area contributed by atoms with E-state index in [-0.39, 0.29) is 5.91 Å². The molecule has 104 valence electrons. The number of hydrogen-bond donors (Lipinski definition) is 1. The summed E-state index contributed by atoms with van der Waals surface area (Å²) in [7, 11) is 0. The van der Waals surface area contributed by atoms with Crippen LogP contribution in [0.2, 0.25) is 0 Å². The minimum absolute atomic E-state index is 0.312. The van der Waals surface area contributed by atoms with E-state index in [1.807, 2.05) is 44.2 Å². The summed E-state index contributed by atoms with van der Waals surface area (Å²) in [4.78, 5) is 27.4. The number of aromatic nitrogens is 1. The number of hydrogen-bond acceptors (Lipinski definition) is 3. The molecular weight excluding hydrogens is 252 g/mol. The van der Waals surface area contributed by atoms with Crippen LogP contribution in [-0.2, 0) is 4.79 Å². The number of rotatable bonds is 5. The van der Waals surface area contributed by atoms with Crippen molar-refractivity contribution in [2.24, 2.45) is 5.92 Å². The molecule has 0 spiro atoms. The molecule has 0 saturated carbocycles. The van der Waals surface area contributed by atoms with E-state index in [1.165, 1.54) is 0 Å². The summed E-state index contributed by atoms with van der Waals surface area (Å²) in [5, 5.41) is 3.69. The van der Waals surface area contributed by atoms with Crippen molar-refractivity contribution in [2.75, 3.05) is 0 Å². The summed E-state index contributed by atoms with van der Waals surface area (Å²) < 4.78 is 0. The zero-order valence-corrected chi connectivity index (χ0v) is 11.7. The van der Waals surface area contributed by atoms with E-state index in [0.717, 1.165) is 17.2 Å². The van der Waals surface area contributed by atoms with E-state index in [9.17, 15) is 9.59 Å². The molecule has 0 saturated heterocycles. The number of nitrogens with zero attached hydrogens (tertiary/aromatic N) is 1. The average Bonchev–Trinajstić information content (AvgIpc) is 2.45. The van der Waals surface area contributed by atoms with Gasteiger partial charge in [-0.15, -0.1) is 0 Å². The first-order chi connectivity index (χ1) is 9.60. The molecular formula is C16H18N2O2. The van der Waals surface area contributed by atoms with Crippen molar-refractivity contribution in [3.63, 3.8) is 0 Å². The second-order valence-corrected chi connectivity index (χ2v) is 5.23. The zero-order chi connectivity index (χ0) is 14.5. The Morgan fingerprint density at radius 3 is 2.70 bits per heavy atom. The Labute approximate surface area is 118 Å². The maximum Gasteiger partial charge on any atom is 0.270 e. The van der Waals surface area contributed by atoms with E-state index < -0.39 is 6.04 Å². The van der Waals surface area contributed by atoms with Gasteiger partial charge < -0.3 is 10.1 Å². The number of carbonyl (C=O) groups excluding carboxylic acids is 2. The lowest BCUT2D eigenvalue weighted by molar-refractivity contribution is -0.109. The Hall–Kier alpha value is -2.23. The molecule has 0 fully saturated rings. The predicted octanol–water partition coefficient (Wildman–Crippen LogP) is 2.58. The molecule has 1 aromatic heterocycles. The Balaban J connectivity index is 2.16. The van der Waals surface area contributed by atoms with Gasteiger partial charge in [0.2, 0.25) is 0 Å². The number of para-hydroxylation sites is 1. The van der Waals surface area contributed by atoms with Gasteiger partial charge in [0, 0.05) is 5.39 Å². The molecule has 4 heteroatoms. The molecule has 1 N–H and O–H groups in total. The van der Waals surface area contributed by atoms with Crippen LogP contribution in [0.15, 0.2) is 36.4 Å². The SMILES string of the molecule is CC(C)C[C@@H](C=O)NC(=O)c1ccc2ccccc2n1. The van der Waals surface area contributed by atoms with Crippen molar-refractivity contribution >= 4 is 23.1 Å². The third kappa shape index (κ3) is 3.41. The normalized spacial score (nSPS) is 12.3. The van der Waals surface area contributed by atoms with Gasteiger partial charge in [0.1, 0.15) is 12.0 Å². The van der Waals surface area contributed by atoms with E-state index in [4.69, 9.17) is 0 Å². The number of amides is 1. The Kier molecular flexibility index (Phi) is 4.45. The van der Waals surface area contributed by atoms with Gasteiger partial charge in [0.05, 0.1) is 11.6 Å². The standard InChI is InChI=1S/C16H18N2O2/c1-11(2)9-13(10-19)17-16(20)15-8-7-12-5-3-4-6-14(12)18-15/h3-8,10-11,13H,9H2,1-2H3,(H,17,20)/t13-/m0/s1. The molecule has 0 radical (unpaired) electrons. The fourth-order valence-electron chi connectivity index (χ4n) is 2.09. The summed E-state index contributed by atoms with van der Waals surface area (Å²) in [6.45, 7) is 4.02. The van der Waals surface area contributed by atoms with Crippen LogP contribution in [0, 0.1) is 5.92 Å². The lowest BCUT2D eigenvalue weighted by Gasteiger charge is -2.14. The van der Waals surface area contributed by atoms with Crippen molar-refractivity contribution in [3.8, 4) is 0 Å². The van der Waals surface area contributed by atoms with E-state index in [0.29, 0.717) is 18.0 Å². The Morgan fingerprint density at radius 1 is 1.25 bits per heavy atom. The lowest BCUT2D eigenvalue weighted by atomic mass is 10.0. The molecule has 1 amide bonds. The van der Waals surface area contributed by atoms with Gasteiger partial charge in [-0.2, -0.15) is 0 Å². The Bertz CT molecular complexity index is 623. The second kappa shape index (κ2) is 6.28. The summed E-state index contributed by atoms with van der Waals surface area (Å²) in [6, 6.07) is 10.7. The van der Waals surface area contributed by atoms with Gasteiger partial charge in [-0.25, -0.2) is 4.98 Å². The molecule has 20 heavy (non-hydrogen) atoms. The molecule has 0 unspecified atom stereocenters. The molecule has 0 aliphatic heterocycles. The molecule has 2 rings (SSSR count). The number of benzene rings is 1. The molecule has 1 heterocycles. The fourth-order valence-corrected chi connectivity index (χ4v) is 2.09. The first kappa shape index (κ1) is 14.2. The summed E-state index contributed by atoms with van der Waals surface area (Å²) in [5.41, 5.74) is 1.10. The molecule has 1 atom stereocenters. The minimum atomic E-state index is -0.462. The van der Waals surface area contributed by atoms with Gasteiger partial charge >= 0.3 is 0 Å². The van der Waals surface area contributed by atoms with E-state index in [1.54, 1.807) is 6.07 Å². The van der Waals surface area contributed by atoms with Gasteiger partial charge in [0.15, 0.2) is 0 Å². The fraction of sp³-hybridized carbons (Fsp3) is 0.312. The van der Waals surface area contributed by atoms with Crippen molar-refractivity contribution in [1.82, 2.24) is 10.3 Å². The summed E-state index contributed by atoms with van der Waals surface area (Å²) >= 11 is 0.